The number of anilines is 1. The van der Waals surface area contributed by atoms with Crippen molar-refractivity contribution in [2.45, 2.75) is 19.3 Å². The van der Waals surface area contributed by atoms with Crippen LogP contribution in [0.15, 0.2) is 59.5 Å². The summed E-state index contributed by atoms with van der Waals surface area (Å²) < 4.78 is 0. The lowest BCUT2D eigenvalue weighted by Gasteiger charge is -2.25. The Labute approximate surface area is 161 Å². The number of benzene rings is 2. The molecule has 2 amide bonds. The Morgan fingerprint density at radius 1 is 1.07 bits per heavy atom. The zero-order chi connectivity index (χ0) is 20.3. The van der Waals surface area contributed by atoms with Crippen LogP contribution in [0.2, 0.25) is 0 Å². The number of para-hydroxylation sites is 1. The Kier molecular flexibility index (Phi) is 5.17. The van der Waals surface area contributed by atoms with E-state index in [1.54, 1.807) is 30.3 Å². The number of hydrogen-bond donors (Lipinski definition) is 4. The lowest BCUT2D eigenvalue weighted by Crippen LogP contribution is -2.35. The van der Waals surface area contributed by atoms with E-state index < -0.39 is 17.4 Å². The maximum absolute atomic E-state index is 12.5. The van der Waals surface area contributed by atoms with Crippen LogP contribution in [0.5, 0.6) is 0 Å². The van der Waals surface area contributed by atoms with Crippen LogP contribution in [0.1, 0.15) is 29.8 Å². The molecule has 2 aromatic carbocycles. The Balaban J connectivity index is 1.77. The van der Waals surface area contributed by atoms with Gasteiger partial charge in [0, 0.05) is 34.7 Å². The number of fused-ring (bicyclic) bond motifs is 1. The molecule has 0 spiro atoms. The predicted molar refractivity (Wildman–Crippen MR) is 108 cm³/mol. The number of amides is 2. The summed E-state index contributed by atoms with van der Waals surface area (Å²) in [6.07, 6.45) is 0.340. The van der Waals surface area contributed by atoms with Gasteiger partial charge in [-0.25, -0.2) is 4.79 Å². The van der Waals surface area contributed by atoms with Gasteiger partial charge in [0.15, 0.2) is 0 Å². The quantitative estimate of drug-likeness (QED) is 0.545. The largest absolute Gasteiger partial charge is 0.465 e. The second-order valence-electron chi connectivity index (χ2n) is 7.15. The summed E-state index contributed by atoms with van der Waals surface area (Å²) in [6, 6.07) is 14.1. The fourth-order valence-electron chi connectivity index (χ4n) is 2.94. The van der Waals surface area contributed by atoms with Crippen molar-refractivity contribution >= 4 is 28.6 Å². The lowest BCUT2D eigenvalue weighted by molar-refractivity contribution is 0.102. The lowest BCUT2D eigenvalue weighted by atomic mass is 9.84. The standard InChI is InChI=1S/C21H21N3O4/c1-21(2,12-23-20(27)28)13-7-9-14(10-8-13)24-19(26)16-11-22-17-6-4-3-5-15(17)18(16)25/h3-11,23H,12H2,1-2H3,(H,22,25)(H,24,26)(H,27,28). The molecule has 7 heteroatoms. The molecule has 3 aromatic rings. The van der Waals surface area contributed by atoms with Gasteiger partial charge in [-0.15, -0.1) is 0 Å². The van der Waals surface area contributed by atoms with Gasteiger partial charge >= 0.3 is 6.09 Å². The highest BCUT2D eigenvalue weighted by Crippen LogP contribution is 2.24. The molecule has 0 aliphatic heterocycles. The number of hydrogen-bond acceptors (Lipinski definition) is 3. The zero-order valence-corrected chi connectivity index (χ0v) is 15.6. The van der Waals surface area contributed by atoms with Crippen molar-refractivity contribution in [3.05, 3.63) is 76.1 Å². The third-order valence-corrected chi connectivity index (χ3v) is 4.64. The number of carboxylic acid groups (broad SMARTS) is 1. The molecule has 0 fully saturated rings. The van der Waals surface area contributed by atoms with Crippen molar-refractivity contribution < 1.29 is 14.7 Å². The van der Waals surface area contributed by atoms with Crippen LogP contribution < -0.4 is 16.1 Å². The summed E-state index contributed by atoms with van der Waals surface area (Å²) in [6.45, 7) is 4.11. The molecule has 0 aliphatic carbocycles. The topological polar surface area (TPSA) is 111 Å². The molecule has 3 rings (SSSR count). The van der Waals surface area contributed by atoms with Crippen LogP contribution in [0.25, 0.3) is 10.9 Å². The number of rotatable bonds is 5. The summed E-state index contributed by atoms with van der Waals surface area (Å²) >= 11 is 0. The Hall–Kier alpha value is -3.61. The van der Waals surface area contributed by atoms with Crippen molar-refractivity contribution in [3.63, 3.8) is 0 Å². The smallest absolute Gasteiger partial charge is 0.404 e. The van der Waals surface area contributed by atoms with Crippen molar-refractivity contribution in [2.24, 2.45) is 0 Å². The average molecular weight is 379 g/mol. The van der Waals surface area contributed by atoms with Crippen LogP contribution in [0.3, 0.4) is 0 Å². The summed E-state index contributed by atoms with van der Waals surface area (Å²) in [5.74, 6) is -0.494. The highest BCUT2D eigenvalue weighted by Gasteiger charge is 2.21. The molecular weight excluding hydrogens is 358 g/mol. The molecule has 28 heavy (non-hydrogen) atoms. The Bertz CT molecular complexity index is 1080. The number of H-pyrrole nitrogens is 1. The van der Waals surface area contributed by atoms with Gasteiger partial charge in [0.25, 0.3) is 5.91 Å². The molecule has 0 bridgehead atoms. The molecule has 0 atom stereocenters. The van der Waals surface area contributed by atoms with Crippen LogP contribution in [-0.2, 0) is 5.41 Å². The Morgan fingerprint density at radius 2 is 1.75 bits per heavy atom. The first kappa shape index (κ1) is 19.2. The number of aromatic amines is 1. The molecule has 1 aromatic heterocycles. The van der Waals surface area contributed by atoms with Gasteiger partial charge in [0.05, 0.1) is 0 Å². The van der Waals surface area contributed by atoms with E-state index in [-0.39, 0.29) is 17.5 Å². The predicted octanol–water partition coefficient (Wildman–Crippen LogP) is 3.33. The van der Waals surface area contributed by atoms with Crippen LogP contribution >= 0.6 is 0 Å². The van der Waals surface area contributed by atoms with Crippen LogP contribution in [0.4, 0.5) is 10.5 Å². The fourth-order valence-corrected chi connectivity index (χ4v) is 2.94. The third kappa shape index (κ3) is 4.03. The normalized spacial score (nSPS) is 11.2. The molecule has 0 saturated heterocycles. The van der Waals surface area contributed by atoms with E-state index in [1.165, 1.54) is 6.20 Å². The minimum atomic E-state index is -1.07. The Morgan fingerprint density at radius 3 is 2.43 bits per heavy atom. The summed E-state index contributed by atoms with van der Waals surface area (Å²) in [4.78, 5) is 38.7. The van der Waals surface area contributed by atoms with Crippen molar-refractivity contribution in [3.8, 4) is 0 Å². The SMILES string of the molecule is CC(C)(CNC(=O)O)c1ccc(NC(=O)c2c[nH]c3ccccc3c2=O)cc1. The second-order valence-corrected chi connectivity index (χ2v) is 7.15. The van der Waals surface area contributed by atoms with E-state index >= 15 is 0 Å². The number of pyridine rings is 1. The molecule has 0 unspecified atom stereocenters. The molecule has 7 nitrogen and oxygen atoms in total. The maximum atomic E-state index is 12.5. The summed E-state index contributed by atoms with van der Waals surface area (Å²) in [5.41, 5.74) is 1.44. The fraction of sp³-hybridized carbons (Fsp3) is 0.190. The highest BCUT2D eigenvalue weighted by atomic mass is 16.4. The molecular formula is C21H21N3O4. The molecule has 0 aliphatic rings. The van der Waals surface area contributed by atoms with E-state index in [4.69, 9.17) is 5.11 Å². The van der Waals surface area contributed by atoms with Crippen molar-refractivity contribution in [1.29, 1.82) is 0 Å². The van der Waals surface area contributed by atoms with Crippen molar-refractivity contribution in [2.75, 3.05) is 11.9 Å². The first-order valence-electron chi connectivity index (χ1n) is 8.77. The first-order valence-corrected chi connectivity index (χ1v) is 8.77. The summed E-state index contributed by atoms with van der Waals surface area (Å²) in [7, 11) is 0. The monoisotopic (exact) mass is 379 g/mol. The molecule has 0 radical (unpaired) electrons. The third-order valence-electron chi connectivity index (χ3n) is 4.64. The van der Waals surface area contributed by atoms with Gasteiger partial charge in [-0.2, -0.15) is 0 Å². The van der Waals surface area contributed by atoms with Crippen molar-refractivity contribution in [1.82, 2.24) is 10.3 Å². The van der Waals surface area contributed by atoms with Gasteiger partial charge in [-0.3, -0.25) is 9.59 Å². The number of carbonyl (C=O) groups is 2. The van der Waals surface area contributed by atoms with E-state index in [2.05, 4.69) is 15.6 Å². The first-order chi connectivity index (χ1) is 13.3. The van der Waals surface area contributed by atoms with Crippen LogP contribution in [0, 0.1) is 0 Å². The highest BCUT2D eigenvalue weighted by molar-refractivity contribution is 6.05. The minimum absolute atomic E-state index is 0.0359. The van der Waals surface area contributed by atoms with Gasteiger partial charge in [0.1, 0.15) is 5.56 Å². The van der Waals surface area contributed by atoms with Gasteiger partial charge in [0.2, 0.25) is 5.43 Å². The van der Waals surface area contributed by atoms with E-state index in [9.17, 15) is 14.4 Å². The van der Waals surface area contributed by atoms with E-state index in [0.29, 0.717) is 16.6 Å². The van der Waals surface area contributed by atoms with Gasteiger partial charge in [-0.05, 0) is 29.8 Å². The van der Waals surface area contributed by atoms with Crippen LogP contribution in [-0.4, -0.2) is 28.6 Å². The summed E-state index contributed by atoms with van der Waals surface area (Å²) in [5, 5.41) is 14.3. The van der Waals surface area contributed by atoms with E-state index in [1.807, 2.05) is 32.0 Å². The minimum Gasteiger partial charge on any atom is -0.465 e. The second kappa shape index (κ2) is 7.56. The zero-order valence-electron chi connectivity index (χ0n) is 15.6. The number of aromatic nitrogens is 1. The molecule has 4 N–H and O–H groups in total. The number of carbonyl (C=O) groups excluding carboxylic acids is 1. The number of nitrogens with one attached hydrogen (secondary N) is 3. The molecule has 1 heterocycles. The van der Waals surface area contributed by atoms with Gasteiger partial charge in [-0.1, -0.05) is 38.1 Å². The van der Waals surface area contributed by atoms with E-state index in [0.717, 1.165) is 5.56 Å². The molecule has 144 valence electrons. The average Bonchev–Trinajstić information content (AvgIpc) is 2.67. The van der Waals surface area contributed by atoms with Gasteiger partial charge < -0.3 is 20.7 Å². The molecule has 0 saturated carbocycles. The maximum Gasteiger partial charge on any atom is 0.404 e.